The second-order valence-corrected chi connectivity index (χ2v) is 7.46. The quantitative estimate of drug-likeness (QED) is 0.488. The van der Waals surface area contributed by atoms with Crippen molar-refractivity contribution in [2.75, 3.05) is 7.11 Å². The molecule has 0 spiro atoms. The number of rotatable bonds is 4. The first-order chi connectivity index (χ1) is 13.6. The topological polar surface area (TPSA) is 61.2 Å². The van der Waals surface area contributed by atoms with Crippen molar-refractivity contribution < 1.29 is 9.53 Å². The molecule has 0 fully saturated rings. The minimum atomic E-state index is -0.380. The minimum absolute atomic E-state index is 0.0574. The van der Waals surface area contributed by atoms with Gasteiger partial charge in [-0.3, -0.25) is 9.36 Å². The van der Waals surface area contributed by atoms with Gasteiger partial charge in [-0.1, -0.05) is 42.5 Å². The molecule has 2 heterocycles. The summed E-state index contributed by atoms with van der Waals surface area (Å²) in [5.74, 6) is 0.283. The number of carbonyl (C=O) groups excluding carboxylic acids is 1. The number of benzene rings is 2. The zero-order chi connectivity index (χ0) is 19.7. The van der Waals surface area contributed by atoms with Crippen LogP contribution in [0.25, 0.3) is 20.7 Å². The van der Waals surface area contributed by atoms with Crippen LogP contribution in [-0.2, 0) is 11.3 Å². The number of hydrogen-bond donors (Lipinski definition) is 0. The van der Waals surface area contributed by atoms with Gasteiger partial charge in [-0.2, -0.15) is 0 Å². The standard InChI is InChI=1S/C22H18N2O3S/c1-14-23-20-18(12-19(28-20)16-6-4-3-5-7-16)21(25)24(14)13-15-8-10-17(11-9-15)22(26)27-2/h3-12H,13H2,1-2H3. The summed E-state index contributed by atoms with van der Waals surface area (Å²) in [5.41, 5.74) is 2.41. The highest BCUT2D eigenvalue weighted by atomic mass is 32.1. The number of carbonyl (C=O) groups is 1. The largest absolute Gasteiger partial charge is 0.465 e. The molecule has 0 unspecified atom stereocenters. The van der Waals surface area contributed by atoms with Gasteiger partial charge in [-0.05, 0) is 36.2 Å². The lowest BCUT2D eigenvalue weighted by atomic mass is 10.1. The summed E-state index contributed by atoms with van der Waals surface area (Å²) in [6, 6.07) is 19.0. The van der Waals surface area contributed by atoms with Crippen LogP contribution >= 0.6 is 11.3 Å². The number of methoxy groups -OCH3 is 1. The van der Waals surface area contributed by atoms with E-state index >= 15 is 0 Å². The van der Waals surface area contributed by atoms with Gasteiger partial charge in [-0.15, -0.1) is 11.3 Å². The molecule has 140 valence electrons. The lowest BCUT2D eigenvalue weighted by Crippen LogP contribution is -2.23. The predicted octanol–water partition coefficient (Wildman–Crippen LogP) is 4.27. The molecular formula is C22H18N2O3S. The Morgan fingerprint density at radius 3 is 2.50 bits per heavy atom. The van der Waals surface area contributed by atoms with Crippen molar-refractivity contribution in [3.8, 4) is 10.4 Å². The van der Waals surface area contributed by atoms with E-state index in [4.69, 9.17) is 4.74 Å². The van der Waals surface area contributed by atoms with Crippen LogP contribution in [0.15, 0.2) is 65.5 Å². The van der Waals surface area contributed by atoms with E-state index in [0.29, 0.717) is 23.3 Å². The monoisotopic (exact) mass is 390 g/mol. The van der Waals surface area contributed by atoms with Gasteiger partial charge in [0.1, 0.15) is 10.7 Å². The van der Waals surface area contributed by atoms with Gasteiger partial charge in [0.15, 0.2) is 0 Å². The van der Waals surface area contributed by atoms with Crippen LogP contribution in [0.1, 0.15) is 21.7 Å². The minimum Gasteiger partial charge on any atom is -0.465 e. The highest BCUT2D eigenvalue weighted by molar-refractivity contribution is 7.21. The Bertz CT molecular complexity index is 1210. The summed E-state index contributed by atoms with van der Waals surface area (Å²) in [4.78, 5) is 31.1. The van der Waals surface area contributed by atoms with Crippen molar-refractivity contribution in [1.29, 1.82) is 0 Å². The van der Waals surface area contributed by atoms with Crippen molar-refractivity contribution in [2.24, 2.45) is 0 Å². The second kappa shape index (κ2) is 7.40. The van der Waals surface area contributed by atoms with E-state index in [1.165, 1.54) is 18.4 Å². The summed E-state index contributed by atoms with van der Waals surface area (Å²) < 4.78 is 6.38. The molecule has 0 radical (unpaired) electrons. The molecule has 4 aromatic rings. The van der Waals surface area contributed by atoms with Crippen LogP contribution in [0.4, 0.5) is 0 Å². The number of aromatic nitrogens is 2. The fraction of sp³-hybridized carbons (Fsp3) is 0.136. The summed E-state index contributed by atoms with van der Waals surface area (Å²) in [7, 11) is 1.35. The Labute approximate surface area is 165 Å². The van der Waals surface area contributed by atoms with Crippen LogP contribution in [0, 0.1) is 6.92 Å². The number of thiophene rings is 1. The van der Waals surface area contributed by atoms with Gasteiger partial charge in [0.25, 0.3) is 5.56 Å². The average molecular weight is 390 g/mol. The van der Waals surface area contributed by atoms with Crippen molar-refractivity contribution in [2.45, 2.75) is 13.5 Å². The SMILES string of the molecule is COC(=O)c1ccc(Cn2c(C)nc3sc(-c4ccccc4)cc3c2=O)cc1. The number of aryl methyl sites for hydroxylation is 1. The number of esters is 1. The average Bonchev–Trinajstić information content (AvgIpc) is 3.16. The first-order valence-corrected chi connectivity index (χ1v) is 9.62. The van der Waals surface area contributed by atoms with Crippen molar-refractivity contribution in [3.63, 3.8) is 0 Å². The lowest BCUT2D eigenvalue weighted by molar-refractivity contribution is 0.0600. The Hall–Kier alpha value is -3.25. The molecule has 0 bridgehead atoms. The fourth-order valence-electron chi connectivity index (χ4n) is 3.09. The molecule has 0 saturated carbocycles. The molecule has 0 saturated heterocycles. The molecule has 5 nitrogen and oxygen atoms in total. The van der Waals surface area contributed by atoms with Crippen molar-refractivity contribution >= 4 is 27.5 Å². The van der Waals surface area contributed by atoms with E-state index in [1.807, 2.05) is 55.5 Å². The van der Waals surface area contributed by atoms with E-state index in [0.717, 1.165) is 20.8 Å². The normalized spacial score (nSPS) is 10.9. The third-order valence-corrected chi connectivity index (χ3v) is 5.69. The molecule has 0 aliphatic carbocycles. The molecule has 2 aromatic heterocycles. The number of nitrogens with zero attached hydrogens (tertiary/aromatic N) is 2. The smallest absolute Gasteiger partial charge is 0.337 e. The van der Waals surface area contributed by atoms with Gasteiger partial charge < -0.3 is 4.74 Å². The lowest BCUT2D eigenvalue weighted by Gasteiger charge is -2.10. The van der Waals surface area contributed by atoms with Gasteiger partial charge in [0.05, 0.1) is 24.6 Å². The Morgan fingerprint density at radius 1 is 1.11 bits per heavy atom. The second-order valence-electron chi connectivity index (χ2n) is 6.43. The third-order valence-electron chi connectivity index (χ3n) is 4.62. The first-order valence-electron chi connectivity index (χ1n) is 8.80. The molecular weight excluding hydrogens is 372 g/mol. The van der Waals surface area contributed by atoms with Crippen LogP contribution in [0.2, 0.25) is 0 Å². The maximum Gasteiger partial charge on any atom is 0.337 e. The molecule has 28 heavy (non-hydrogen) atoms. The summed E-state index contributed by atoms with van der Waals surface area (Å²) in [5, 5.41) is 0.626. The Kier molecular flexibility index (Phi) is 4.79. The summed E-state index contributed by atoms with van der Waals surface area (Å²) >= 11 is 1.53. The van der Waals surface area contributed by atoms with E-state index in [9.17, 15) is 9.59 Å². The highest BCUT2D eigenvalue weighted by Gasteiger charge is 2.13. The molecule has 0 aliphatic heterocycles. The van der Waals surface area contributed by atoms with Gasteiger partial charge in [0.2, 0.25) is 0 Å². The van der Waals surface area contributed by atoms with Gasteiger partial charge >= 0.3 is 5.97 Å². The molecule has 0 atom stereocenters. The Balaban J connectivity index is 1.71. The fourth-order valence-corrected chi connectivity index (χ4v) is 4.17. The molecule has 2 aromatic carbocycles. The third kappa shape index (κ3) is 3.34. The maximum absolute atomic E-state index is 13.1. The van der Waals surface area contributed by atoms with E-state index in [2.05, 4.69) is 4.98 Å². The van der Waals surface area contributed by atoms with Gasteiger partial charge in [0, 0.05) is 4.88 Å². The van der Waals surface area contributed by atoms with Crippen molar-refractivity contribution in [3.05, 3.63) is 88.0 Å². The number of hydrogen-bond acceptors (Lipinski definition) is 5. The van der Waals surface area contributed by atoms with Crippen LogP contribution in [0.5, 0.6) is 0 Å². The maximum atomic E-state index is 13.1. The zero-order valence-corrected chi connectivity index (χ0v) is 16.3. The number of fused-ring (bicyclic) bond motifs is 1. The number of ether oxygens (including phenoxy) is 1. The van der Waals surface area contributed by atoms with E-state index in [1.54, 1.807) is 16.7 Å². The molecule has 6 heteroatoms. The van der Waals surface area contributed by atoms with Gasteiger partial charge in [-0.25, -0.2) is 9.78 Å². The summed E-state index contributed by atoms with van der Waals surface area (Å²) in [6.07, 6.45) is 0. The highest BCUT2D eigenvalue weighted by Crippen LogP contribution is 2.31. The zero-order valence-electron chi connectivity index (χ0n) is 15.5. The molecule has 0 N–H and O–H groups in total. The molecule has 4 rings (SSSR count). The molecule has 0 aliphatic rings. The summed E-state index contributed by atoms with van der Waals surface area (Å²) in [6.45, 7) is 2.23. The van der Waals surface area contributed by atoms with E-state index < -0.39 is 0 Å². The van der Waals surface area contributed by atoms with Crippen LogP contribution < -0.4 is 5.56 Å². The van der Waals surface area contributed by atoms with Crippen LogP contribution in [0.3, 0.4) is 0 Å². The van der Waals surface area contributed by atoms with E-state index in [-0.39, 0.29) is 11.5 Å². The van der Waals surface area contributed by atoms with Crippen LogP contribution in [-0.4, -0.2) is 22.6 Å². The Morgan fingerprint density at radius 2 is 1.82 bits per heavy atom. The molecule has 0 amide bonds. The first kappa shape index (κ1) is 18.1. The van der Waals surface area contributed by atoms with Crippen molar-refractivity contribution in [1.82, 2.24) is 9.55 Å². The predicted molar refractivity (Wildman–Crippen MR) is 111 cm³/mol.